The van der Waals surface area contributed by atoms with E-state index in [-0.39, 0.29) is 11.9 Å². The highest BCUT2D eigenvalue weighted by Crippen LogP contribution is 2.41. The van der Waals surface area contributed by atoms with Crippen LogP contribution in [0.15, 0.2) is 30.5 Å². The van der Waals surface area contributed by atoms with Gasteiger partial charge in [0.15, 0.2) is 0 Å². The van der Waals surface area contributed by atoms with E-state index in [1.807, 2.05) is 45.0 Å². The van der Waals surface area contributed by atoms with Gasteiger partial charge in [0.25, 0.3) is 0 Å². The first-order valence-corrected chi connectivity index (χ1v) is 7.85. The molecule has 4 nitrogen and oxygen atoms in total. The first kappa shape index (κ1) is 15.5. The van der Waals surface area contributed by atoms with Crippen molar-refractivity contribution in [2.45, 2.75) is 33.6 Å². The van der Waals surface area contributed by atoms with Crippen molar-refractivity contribution in [2.24, 2.45) is 5.41 Å². The summed E-state index contributed by atoms with van der Waals surface area (Å²) >= 11 is 0. The zero-order valence-corrected chi connectivity index (χ0v) is 14.0. The summed E-state index contributed by atoms with van der Waals surface area (Å²) < 4.78 is 6.62. The molecule has 23 heavy (non-hydrogen) atoms. The van der Waals surface area contributed by atoms with Crippen LogP contribution in [0.5, 0.6) is 0 Å². The van der Waals surface area contributed by atoms with Gasteiger partial charge in [-0.15, -0.1) is 0 Å². The Labute approximate surface area is 136 Å². The van der Waals surface area contributed by atoms with Gasteiger partial charge in [-0.05, 0) is 18.9 Å². The molecule has 0 bridgehead atoms. The van der Waals surface area contributed by atoms with Crippen LogP contribution in [0, 0.1) is 12.3 Å². The molecule has 0 amide bonds. The Morgan fingerprint density at radius 3 is 2.52 bits per heavy atom. The molecule has 0 radical (unpaired) electrons. The Hall–Kier alpha value is -2.36. The molecule has 1 aromatic heterocycles. The normalized spacial score (nSPS) is 19.7. The SMILES string of the molecule is CCC1(C)Cc2c(C(=O)OC)c(-c3ccc(C)cc3)cn2C1=O. The lowest BCUT2D eigenvalue weighted by Gasteiger charge is -2.18. The maximum atomic E-state index is 12.7. The largest absolute Gasteiger partial charge is 0.465 e. The van der Waals surface area contributed by atoms with Crippen LogP contribution in [0.3, 0.4) is 0 Å². The second-order valence-corrected chi connectivity index (χ2v) is 6.49. The smallest absolute Gasteiger partial charge is 0.340 e. The van der Waals surface area contributed by atoms with E-state index in [0.717, 1.165) is 28.8 Å². The molecular weight excluding hydrogens is 290 g/mol. The number of benzene rings is 1. The van der Waals surface area contributed by atoms with E-state index in [1.165, 1.54) is 7.11 Å². The molecule has 0 fully saturated rings. The average Bonchev–Trinajstić information content (AvgIpc) is 3.03. The van der Waals surface area contributed by atoms with Crippen LogP contribution in [-0.2, 0) is 11.2 Å². The molecule has 2 heterocycles. The molecular formula is C19H21NO3. The summed E-state index contributed by atoms with van der Waals surface area (Å²) in [4.78, 5) is 25.1. The number of rotatable bonds is 3. The molecule has 1 aliphatic rings. The van der Waals surface area contributed by atoms with Crippen molar-refractivity contribution in [2.75, 3.05) is 7.11 Å². The van der Waals surface area contributed by atoms with Crippen LogP contribution in [0.1, 0.15) is 46.7 Å². The Morgan fingerprint density at radius 1 is 1.30 bits per heavy atom. The van der Waals surface area contributed by atoms with Gasteiger partial charge in [-0.2, -0.15) is 0 Å². The summed E-state index contributed by atoms with van der Waals surface area (Å²) in [5, 5.41) is 0. The first-order valence-electron chi connectivity index (χ1n) is 7.85. The molecule has 1 unspecified atom stereocenters. The number of carbonyl (C=O) groups is 2. The van der Waals surface area contributed by atoms with E-state index in [1.54, 1.807) is 10.8 Å². The van der Waals surface area contributed by atoms with Gasteiger partial charge in [0.05, 0.1) is 18.1 Å². The van der Waals surface area contributed by atoms with Crippen LogP contribution < -0.4 is 0 Å². The fourth-order valence-corrected chi connectivity index (χ4v) is 3.20. The van der Waals surface area contributed by atoms with Crippen LogP contribution >= 0.6 is 0 Å². The number of aryl methyl sites for hydroxylation is 1. The molecule has 1 aliphatic heterocycles. The number of nitrogens with zero attached hydrogens (tertiary/aromatic N) is 1. The third-order valence-electron chi connectivity index (χ3n) is 4.93. The number of hydrogen-bond donors (Lipinski definition) is 0. The maximum absolute atomic E-state index is 12.7. The summed E-state index contributed by atoms with van der Waals surface area (Å²) in [6.45, 7) is 5.97. The van der Waals surface area contributed by atoms with Gasteiger partial charge < -0.3 is 4.74 Å². The van der Waals surface area contributed by atoms with Gasteiger partial charge in [-0.3, -0.25) is 9.36 Å². The lowest BCUT2D eigenvalue weighted by molar-refractivity contribution is 0.0599. The number of methoxy groups -OCH3 is 1. The van der Waals surface area contributed by atoms with Crippen molar-refractivity contribution >= 4 is 11.9 Å². The van der Waals surface area contributed by atoms with E-state index in [9.17, 15) is 9.59 Å². The summed E-state index contributed by atoms with van der Waals surface area (Å²) in [7, 11) is 1.38. The van der Waals surface area contributed by atoms with Crippen LogP contribution in [0.25, 0.3) is 11.1 Å². The molecule has 2 aromatic rings. The Morgan fingerprint density at radius 2 is 1.96 bits per heavy atom. The van der Waals surface area contributed by atoms with Crippen molar-refractivity contribution in [3.63, 3.8) is 0 Å². The molecule has 0 saturated heterocycles. The van der Waals surface area contributed by atoms with Gasteiger partial charge in [0, 0.05) is 23.9 Å². The molecule has 1 atom stereocenters. The van der Waals surface area contributed by atoms with Crippen molar-refractivity contribution in [1.29, 1.82) is 0 Å². The first-order chi connectivity index (χ1) is 10.9. The number of hydrogen-bond acceptors (Lipinski definition) is 3. The monoisotopic (exact) mass is 311 g/mol. The van der Waals surface area contributed by atoms with E-state index < -0.39 is 5.41 Å². The fourth-order valence-electron chi connectivity index (χ4n) is 3.20. The standard InChI is InChI=1S/C19H21NO3/c1-5-19(3)10-15-16(17(21)23-4)14(11-20(15)18(19)22)13-8-6-12(2)7-9-13/h6-9,11H,5,10H2,1-4H3. The second kappa shape index (κ2) is 5.37. The van der Waals surface area contributed by atoms with E-state index in [0.29, 0.717) is 12.0 Å². The van der Waals surface area contributed by atoms with Crippen LogP contribution in [0.4, 0.5) is 0 Å². The van der Waals surface area contributed by atoms with E-state index >= 15 is 0 Å². The zero-order chi connectivity index (χ0) is 16.8. The van der Waals surface area contributed by atoms with Crippen molar-refractivity contribution in [3.8, 4) is 11.1 Å². The minimum Gasteiger partial charge on any atom is -0.465 e. The highest BCUT2D eigenvalue weighted by atomic mass is 16.5. The lowest BCUT2D eigenvalue weighted by Crippen LogP contribution is -2.25. The zero-order valence-electron chi connectivity index (χ0n) is 14.0. The summed E-state index contributed by atoms with van der Waals surface area (Å²) in [5.41, 5.74) is 3.67. The van der Waals surface area contributed by atoms with Gasteiger partial charge >= 0.3 is 5.97 Å². The summed E-state index contributed by atoms with van der Waals surface area (Å²) in [6.07, 6.45) is 3.10. The number of esters is 1. The number of fused-ring (bicyclic) bond motifs is 1. The number of ether oxygens (including phenoxy) is 1. The van der Waals surface area contributed by atoms with Gasteiger partial charge in [-0.25, -0.2) is 4.79 Å². The quantitative estimate of drug-likeness (QED) is 0.809. The van der Waals surface area contributed by atoms with Gasteiger partial charge in [0.2, 0.25) is 5.91 Å². The van der Waals surface area contributed by atoms with Crippen molar-refractivity contribution in [3.05, 3.63) is 47.3 Å². The van der Waals surface area contributed by atoms with Gasteiger partial charge in [-0.1, -0.05) is 43.7 Å². The molecule has 0 saturated carbocycles. The third kappa shape index (κ3) is 2.29. The molecule has 1 aromatic carbocycles. The highest BCUT2D eigenvalue weighted by Gasteiger charge is 2.43. The minimum atomic E-state index is -0.441. The molecule has 0 aliphatic carbocycles. The fraction of sp³-hybridized carbons (Fsp3) is 0.368. The Kier molecular flexibility index (Phi) is 3.63. The molecule has 4 heteroatoms. The number of carbonyl (C=O) groups excluding carboxylic acids is 2. The third-order valence-corrected chi connectivity index (χ3v) is 4.93. The summed E-state index contributed by atoms with van der Waals surface area (Å²) in [5.74, 6) is -0.332. The minimum absolute atomic E-state index is 0.0542. The maximum Gasteiger partial charge on any atom is 0.340 e. The lowest BCUT2D eigenvalue weighted by atomic mass is 9.83. The summed E-state index contributed by atoms with van der Waals surface area (Å²) in [6, 6.07) is 7.93. The second-order valence-electron chi connectivity index (χ2n) is 6.49. The Balaban J connectivity index is 2.19. The van der Waals surface area contributed by atoms with E-state index in [2.05, 4.69) is 0 Å². The highest BCUT2D eigenvalue weighted by molar-refractivity contribution is 6.03. The molecule has 120 valence electrons. The Bertz CT molecular complexity index is 786. The predicted molar refractivity (Wildman–Crippen MR) is 88.7 cm³/mol. The van der Waals surface area contributed by atoms with Crippen molar-refractivity contribution < 1.29 is 14.3 Å². The molecule has 0 N–H and O–H groups in total. The average molecular weight is 311 g/mol. The van der Waals surface area contributed by atoms with Crippen LogP contribution in [-0.4, -0.2) is 23.6 Å². The molecule has 0 spiro atoms. The predicted octanol–water partition coefficient (Wildman–Crippen LogP) is 3.86. The van der Waals surface area contributed by atoms with E-state index in [4.69, 9.17) is 4.74 Å². The topological polar surface area (TPSA) is 48.3 Å². The van der Waals surface area contributed by atoms with Gasteiger partial charge in [0.1, 0.15) is 0 Å². The van der Waals surface area contributed by atoms with Crippen molar-refractivity contribution in [1.82, 2.24) is 4.57 Å². The number of aromatic nitrogens is 1. The molecule has 3 rings (SSSR count). The van der Waals surface area contributed by atoms with Crippen LogP contribution in [0.2, 0.25) is 0 Å².